The molecule has 2 bridgehead atoms. The number of nitrogens with one attached hydrogen (secondary N) is 1. The lowest BCUT2D eigenvalue weighted by atomic mass is 9.70. The Balaban J connectivity index is 1.26. The summed E-state index contributed by atoms with van der Waals surface area (Å²) >= 11 is 3.76. The first-order valence-corrected chi connectivity index (χ1v) is 20.2. The van der Waals surface area contributed by atoms with E-state index in [9.17, 15) is 14.7 Å². The summed E-state index contributed by atoms with van der Waals surface area (Å²) in [6.45, 7) is 9.03. The summed E-state index contributed by atoms with van der Waals surface area (Å²) in [6.07, 6.45) is 2.78. The number of esters is 1. The van der Waals surface area contributed by atoms with E-state index in [4.69, 9.17) is 9.47 Å². The number of halogens is 1. The van der Waals surface area contributed by atoms with Crippen molar-refractivity contribution in [2.45, 2.75) is 80.0 Å². The number of carbonyl (C=O) groups excluding carboxylic acids is 4. The number of alkyl halides is 1. The molecule has 13 nitrogen and oxygen atoms in total. The highest BCUT2D eigenvalue weighted by molar-refractivity contribution is 9.09. The maximum Gasteiger partial charge on any atom is 0.313 e. The first-order chi connectivity index (χ1) is 27.6. The first kappa shape index (κ1) is 40.0. The fourth-order valence-corrected chi connectivity index (χ4v) is 9.76. The number of benzene rings is 3. The molecule has 0 saturated carbocycles. The van der Waals surface area contributed by atoms with Crippen LogP contribution in [-0.2, 0) is 41.7 Å². The molecule has 9 atom stereocenters. The van der Waals surface area contributed by atoms with Crippen molar-refractivity contribution < 1.29 is 33.8 Å². The van der Waals surface area contributed by atoms with Gasteiger partial charge in [0, 0.05) is 17.8 Å². The SMILES string of the molecule is C=CCCC(=O)N[C@@H](C)[C@H](OC(=O)[C@@H]1[C@H]2O[C@@]3(CC2Br)[C@H](C(=O)N(CC=C)Cn2nnc4ccccc42)N([C@@H](CO)Cc2ccccc2)C(=O)[C@@H]13)c1ccccc1. The highest BCUT2D eigenvalue weighted by Crippen LogP contribution is 2.61. The molecule has 298 valence electrons. The van der Waals surface area contributed by atoms with E-state index in [1.165, 1.54) is 4.90 Å². The van der Waals surface area contributed by atoms with Gasteiger partial charge >= 0.3 is 5.97 Å². The Bertz CT molecular complexity index is 2120. The molecule has 3 fully saturated rings. The van der Waals surface area contributed by atoms with E-state index in [2.05, 4.69) is 44.7 Å². The molecule has 1 aromatic heterocycles. The normalized spacial score (nSPS) is 25.1. The Morgan fingerprint density at radius 2 is 1.77 bits per heavy atom. The van der Waals surface area contributed by atoms with Gasteiger partial charge in [0.1, 0.15) is 29.9 Å². The van der Waals surface area contributed by atoms with E-state index in [1.54, 1.807) is 28.7 Å². The van der Waals surface area contributed by atoms with Gasteiger partial charge in [0.05, 0.1) is 42.1 Å². The van der Waals surface area contributed by atoms with Crippen molar-refractivity contribution in [2.75, 3.05) is 13.2 Å². The van der Waals surface area contributed by atoms with Gasteiger partial charge in [-0.1, -0.05) is 106 Å². The Hall–Kier alpha value is -5.18. The molecule has 3 aromatic carbocycles. The third-order valence-corrected chi connectivity index (χ3v) is 12.2. The Kier molecular flexibility index (Phi) is 12.0. The maximum atomic E-state index is 15.2. The highest BCUT2D eigenvalue weighted by Gasteiger charge is 2.77. The lowest BCUT2D eigenvalue weighted by molar-refractivity contribution is -0.162. The second-order valence-corrected chi connectivity index (χ2v) is 16.1. The van der Waals surface area contributed by atoms with Gasteiger partial charge < -0.3 is 29.7 Å². The van der Waals surface area contributed by atoms with E-state index in [1.807, 2.05) is 84.9 Å². The summed E-state index contributed by atoms with van der Waals surface area (Å²) in [7, 11) is 0. The van der Waals surface area contributed by atoms with Gasteiger partial charge in [-0.15, -0.1) is 18.3 Å². The molecule has 4 aromatic rings. The van der Waals surface area contributed by atoms with Crippen LogP contribution < -0.4 is 5.32 Å². The Morgan fingerprint density at radius 3 is 2.47 bits per heavy atom. The average Bonchev–Trinajstić information content (AvgIpc) is 3.95. The topological polar surface area (TPSA) is 156 Å². The molecule has 0 aliphatic carbocycles. The summed E-state index contributed by atoms with van der Waals surface area (Å²) in [6, 6.07) is 23.3. The molecular formula is C43H47BrN6O7. The fourth-order valence-electron chi connectivity index (χ4n) is 8.82. The maximum absolute atomic E-state index is 15.2. The summed E-state index contributed by atoms with van der Waals surface area (Å²) in [5.74, 6) is -4.02. The number of hydrogen-bond donors (Lipinski definition) is 2. The number of nitrogens with zero attached hydrogens (tertiary/aromatic N) is 5. The Labute approximate surface area is 339 Å². The minimum atomic E-state index is -1.45. The largest absolute Gasteiger partial charge is 0.455 e. The molecule has 3 aliphatic rings. The number of amides is 3. The second-order valence-electron chi connectivity index (χ2n) is 15.0. The van der Waals surface area contributed by atoms with E-state index >= 15 is 9.59 Å². The van der Waals surface area contributed by atoms with E-state index in [0.29, 0.717) is 23.0 Å². The molecule has 2 N–H and O–H groups in total. The number of carbonyl (C=O) groups is 4. The van der Waals surface area contributed by atoms with E-state index in [0.717, 1.165) is 5.56 Å². The van der Waals surface area contributed by atoms with Crippen molar-refractivity contribution in [1.29, 1.82) is 0 Å². The van der Waals surface area contributed by atoms with Crippen molar-refractivity contribution in [3.05, 3.63) is 121 Å². The summed E-state index contributed by atoms with van der Waals surface area (Å²) in [5.41, 5.74) is 1.44. The number of fused-ring (bicyclic) bond motifs is 2. The molecule has 14 heteroatoms. The quantitative estimate of drug-likeness (QED) is 0.0888. The monoisotopic (exact) mass is 838 g/mol. The molecule has 57 heavy (non-hydrogen) atoms. The lowest BCUT2D eigenvalue weighted by Crippen LogP contribution is -2.59. The molecule has 4 heterocycles. The molecule has 1 spiro atoms. The fraction of sp³-hybridized carbons (Fsp3) is 0.395. The minimum absolute atomic E-state index is 0.00504. The number of aliphatic hydroxyl groups excluding tert-OH is 1. The number of hydrogen-bond acceptors (Lipinski definition) is 9. The van der Waals surface area contributed by atoms with Crippen LogP contribution in [-0.4, -0.2) is 101 Å². The third kappa shape index (κ3) is 7.65. The zero-order chi connectivity index (χ0) is 40.3. The van der Waals surface area contributed by atoms with Gasteiger partial charge in [-0.3, -0.25) is 19.2 Å². The average molecular weight is 840 g/mol. The van der Waals surface area contributed by atoms with Gasteiger partial charge in [0.25, 0.3) is 0 Å². The van der Waals surface area contributed by atoms with E-state index < -0.39 is 77.0 Å². The highest BCUT2D eigenvalue weighted by atomic mass is 79.9. The van der Waals surface area contributed by atoms with Crippen LogP contribution in [0.4, 0.5) is 0 Å². The van der Waals surface area contributed by atoms with Crippen LogP contribution in [0.2, 0.25) is 0 Å². The van der Waals surface area contributed by atoms with Crippen LogP contribution in [0, 0.1) is 11.8 Å². The van der Waals surface area contributed by atoms with Gasteiger partial charge in [-0.05, 0) is 49.4 Å². The van der Waals surface area contributed by atoms with Crippen LogP contribution in [0.5, 0.6) is 0 Å². The van der Waals surface area contributed by atoms with Crippen LogP contribution >= 0.6 is 15.9 Å². The van der Waals surface area contributed by atoms with Crippen LogP contribution in [0.3, 0.4) is 0 Å². The molecule has 7 rings (SSSR count). The number of ether oxygens (including phenoxy) is 2. The van der Waals surface area contributed by atoms with Crippen molar-refractivity contribution in [2.24, 2.45) is 11.8 Å². The van der Waals surface area contributed by atoms with Crippen LogP contribution in [0.25, 0.3) is 11.0 Å². The van der Waals surface area contributed by atoms with Gasteiger partial charge in [0.15, 0.2) is 0 Å². The van der Waals surface area contributed by atoms with E-state index in [-0.39, 0.29) is 38.4 Å². The number of allylic oxidation sites excluding steroid dienone is 1. The number of para-hydroxylation sites is 1. The molecular weight excluding hydrogens is 792 g/mol. The van der Waals surface area contributed by atoms with Crippen molar-refractivity contribution in [1.82, 2.24) is 30.1 Å². The minimum Gasteiger partial charge on any atom is -0.455 e. The summed E-state index contributed by atoms with van der Waals surface area (Å²) in [4.78, 5) is 60.5. The predicted octanol–water partition coefficient (Wildman–Crippen LogP) is 4.51. The molecule has 3 saturated heterocycles. The standard InChI is InChI=1S/C43H47BrN6O7/c1-4-6-21-34(52)45-27(3)37(29-17-11-8-12-18-29)56-42(55)35-36-40(53)50(30(25-51)23-28-15-9-7-10-16-28)39(43(36)24-31(44)38(35)57-43)41(54)48(22-5-2)26-49-33-20-14-13-19-32(33)46-47-49/h4-5,7-20,27,30-31,35-39,51H,1-2,6,21-26H2,3H3,(H,45,52)/t27-,30+,31?,35-,36+,37-,38-,39-,43+/m0/s1. The van der Waals surface area contributed by atoms with Gasteiger partial charge in [-0.25, -0.2) is 4.68 Å². The zero-order valence-electron chi connectivity index (χ0n) is 31.7. The van der Waals surface area contributed by atoms with Crippen LogP contribution in [0.15, 0.2) is 110 Å². The van der Waals surface area contributed by atoms with Crippen molar-refractivity contribution >= 4 is 50.7 Å². The molecule has 3 amide bonds. The molecule has 3 aliphatic heterocycles. The zero-order valence-corrected chi connectivity index (χ0v) is 33.3. The lowest BCUT2D eigenvalue weighted by Gasteiger charge is -2.39. The van der Waals surface area contributed by atoms with Gasteiger partial charge in [0.2, 0.25) is 17.7 Å². The third-order valence-electron chi connectivity index (χ3n) is 11.3. The first-order valence-electron chi connectivity index (χ1n) is 19.2. The second kappa shape index (κ2) is 17.1. The van der Waals surface area contributed by atoms with Crippen LogP contribution in [0.1, 0.15) is 43.4 Å². The number of rotatable bonds is 17. The summed E-state index contributed by atoms with van der Waals surface area (Å²) < 4.78 is 14.8. The molecule has 0 radical (unpaired) electrons. The number of aliphatic hydroxyl groups is 1. The molecule has 1 unspecified atom stereocenters. The predicted molar refractivity (Wildman–Crippen MR) is 215 cm³/mol. The van der Waals surface area contributed by atoms with Crippen molar-refractivity contribution in [3.63, 3.8) is 0 Å². The summed E-state index contributed by atoms with van der Waals surface area (Å²) in [5, 5.41) is 22.5. The smallest absolute Gasteiger partial charge is 0.313 e. The number of aromatic nitrogens is 3. The van der Waals surface area contributed by atoms with Gasteiger partial charge in [-0.2, -0.15) is 0 Å². The Morgan fingerprint density at radius 1 is 1.07 bits per heavy atom. The van der Waals surface area contributed by atoms with Crippen molar-refractivity contribution in [3.8, 4) is 0 Å². The number of likely N-dealkylation sites (tertiary alicyclic amines) is 1.